The van der Waals surface area contributed by atoms with E-state index in [1.807, 2.05) is 0 Å². The van der Waals surface area contributed by atoms with Crippen molar-refractivity contribution in [1.82, 2.24) is 24.2 Å². The minimum atomic E-state index is -0.232. The number of hydrogen-bond donors (Lipinski definition) is 1. The van der Waals surface area contributed by atoms with Crippen molar-refractivity contribution in [2.75, 3.05) is 6.54 Å². The number of nitrogens with one attached hydrogen (secondary N) is 1. The van der Waals surface area contributed by atoms with E-state index in [9.17, 15) is 9.59 Å². The predicted molar refractivity (Wildman–Crippen MR) is 68.0 cm³/mol. The molecule has 0 spiro atoms. The Kier molecular flexibility index (Phi) is 2.70. The summed E-state index contributed by atoms with van der Waals surface area (Å²) in [5.41, 5.74) is 0.292. The van der Waals surface area contributed by atoms with Gasteiger partial charge in [-0.1, -0.05) is 11.6 Å². The number of rotatable bonds is 1. The minimum Gasteiger partial charge on any atom is -0.345 e. The summed E-state index contributed by atoms with van der Waals surface area (Å²) in [6.45, 7) is 1.25. The van der Waals surface area contributed by atoms with Crippen LogP contribution in [0.3, 0.4) is 0 Å². The van der Waals surface area contributed by atoms with E-state index in [4.69, 9.17) is 11.6 Å². The Balaban J connectivity index is 1.87. The first-order valence-electron chi connectivity index (χ1n) is 5.81. The summed E-state index contributed by atoms with van der Waals surface area (Å²) in [6.07, 6.45) is 1.68. The highest BCUT2D eigenvalue weighted by Gasteiger charge is 2.25. The maximum atomic E-state index is 12.4. The lowest BCUT2D eigenvalue weighted by molar-refractivity contribution is 0.0696. The molecule has 0 bridgehead atoms. The standard InChI is InChI=1S/C11H12ClN5O2/c1-15-5-7(12)4-8(15)10(18)16-2-3-17-9(6-16)13-14-11(17)19/h4-5H,2-3,6H2,1H3,(H,14,19). The normalized spacial score (nSPS) is 14.5. The molecule has 1 aliphatic heterocycles. The van der Waals surface area contributed by atoms with E-state index in [-0.39, 0.29) is 11.6 Å². The lowest BCUT2D eigenvalue weighted by atomic mass is 10.3. The highest BCUT2D eigenvalue weighted by molar-refractivity contribution is 6.31. The van der Waals surface area contributed by atoms with Gasteiger partial charge >= 0.3 is 5.69 Å². The van der Waals surface area contributed by atoms with Crippen molar-refractivity contribution in [2.24, 2.45) is 7.05 Å². The molecule has 100 valence electrons. The van der Waals surface area contributed by atoms with Crippen LogP contribution in [0.2, 0.25) is 5.02 Å². The van der Waals surface area contributed by atoms with Crippen LogP contribution < -0.4 is 5.69 Å². The Morgan fingerprint density at radius 2 is 2.26 bits per heavy atom. The van der Waals surface area contributed by atoms with Crippen molar-refractivity contribution in [1.29, 1.82) is 0 Å². The number of fused-ring (bicyclic) bond motifs is 1. The number of hydrogen-bond acceptors (Lipinski definition) is 3. The van der Waals surface area contributed by atoms with Crippen LogP contribution in [0.4, 0.5) is 0 Å². The Morgan fingerprint density at radius 1 is 1.47 bits per heavy atom. The van der Waals surface area contributed by atoms with Gasteiger partial charge in [-0.2, -0.15) is 5.10 Å². The van der Waals surface area contributed by atoms with E-state index in [1.54, 1.807) is 33.3 Å². The summed E-state index contributed by atoms with van der Waals surface area (Å²) >= 11 is 5.88. The third-order valence-electron chi connectivity index (χ3n) is 3.24. The Hall–Kier alpha value is -2.02. The first-order chi connectivity index (χ1) is 9.06. The second-order valence-corrected chi connectivity index (χ2v) is 4.91. The maximum absolute atomic E-state index is 12.4. The van der Waals surface area contributed by atoms with E-state index in [0.717, 1.165) is 0 Å². The van der Waals surface area contributed by atoms with Crippen molar-refractivity contribution in [2.45, 2.75) is 13.1 Å². The monoisotopic (exact) mass is 281 g/mol. The van der Waals surface area contributed by atoms with Gasteiger partial charge in [0.2, 0.25) is 0 Å². The molecule has 19 heavy (non-hydrogen) atoms. The fraction of sp³-hybridized carbons (Fsp3) is 0.364. The van der Waals surface area contributed by atoms with E-state index in [1.165, 1.54) is 0 Å². The zero-order valence-electron chi connectivity index (χ0n) is 10.3. The molecule has 0 unspecified atom stereocenters. The Bertz CT molecular complexity index is 698. The van der Waals surface area contributed by atoms with Crippen molar-refractivity contribution in [3.63, 3.8) is 0 Å². The molecule has 1 amide bonds. The third-order valence-corrected chi connectivity index (χ3v) is 3.45. The lowest BCUT2D eigenvalue weighted by Crippen LogP contribution is -2.41. The molecular formula is C11H12ClN5O2. The number of aryl methyl sites for hydroxylation is 1. The summed E-state index contributed by atoms with van der Waals surface area (Å²) in [5.74, 6) is 0.459. The number of nitrogens with zero attached hydrogens (tertiary/aromatic N) is 4. The van der Waals surface area contributed by atoms with Crippen molar-refractivity contribution in [3.8, 4) is 0 Å². The Morgan fingerprint density at radius 3 is 2.95 bits per heavy atom. The van der Waals surface area contributed by atoms with Gasteiger partial charge in [-0.05, 0) is 6.07 Å². The molecule has 1 N–H and O–H groups in total. The summed E-state index contributed by atoms with van der Waals surface area (Å²) < 4.78 is 3.23. The van der Waals surface area contributed by atoms with Gasteiger partial charge in [-0.3, -0.25) is 9.36 Å². The van der Waals surface area contributed by atoms with Gasteiger partial charge in [0.05, 0.1) is 11.6 Å². The highest BCUT2D eigenvalue weighted by Crippen LogP contribution is 2.17. The average Bonchev–Trinajstić information content (AvgIpc) is 2.92. The lowest BCUT2D eigenvalue weighted by Gasteiger charge is -2.26. The molecule has 0 fully saturated rings. The van der Waals surface area contributed by atoms with Crippen LogP contribution in [0.25, 0.3) is 0 Å². The molecule has 7 nitrogen and oxygen atoms in total. The smallest absolute Gasteiger partial charge is 0.343 e. The van der Waals surface area contributed by atoms with E-state index in [0.29, 0.717) is 36.2 Å². The number of carbonyl (C=O) groups is 1. The van der Waals surface area contributed by atoms with E-state index < -0.39 is 0 Å². The van der Waals surface area contributed by atoms with Gasteiger partial charge in [0, 0.05) is 26.3 Å². The van der Waals surface area contributed by atoms with Crippen LogP contribution in [-0.2, 0) is 20.1 Å². The van der Waals surface area contributed by atoms with Gasteiger partial charge in [0.25, 0.3) is 5.91 Å². The first kappa shape index (κ1) is 12.0. The zero-order chi connectivity index (χ0) is 13.6. The van der Waals surface area contributed by atoms with Crippen LogP contribution >= 0.6 is 11.6 Å². The molecule has 3 rings (SSSR count). The van der Waals surface area contributed by atoms with Gasteiger partial charge in [-0.25, -0.2) is 9.89 Å². The van der Waals surface area contributed by atoms with Gasteiger partial charge in [0.15, 0.2) is 5.82 Å². The third kappa shape index (κ3) is 1.95. The molecule has 0 aliphatic carbocycles. The number of aromatic nitrogens is 4. The highest BCUT2D eigenvalue weighted by atomic mass is 35.5. The van der Waals surface area contributed by atoms with Crippen LogP contribution in [0.15, 0.2) is 17.1 Å². The van der Waals surface area contributed by atoms with Crippen LogP contribution in [0, 0.1) is 0 Å². The van der Waals surface area contributed by atoms with Gasteiger partial charge in [-0.15, -0.1) is 0 Å². The Labute approximate surface area is 113 Å². The quantitative estimate of drug-likeness (QED) is 0.812. The predicted octanol–water partition coefficient (Wildman–Crippen LogP) is 0.219. The molecule has 0 radical (unpaired) electrons. The molecule has 1 aliphatic rings. The molecular weight excluding hydrogens is 270 g/mol. The van der Waals surface area contributed by atoms with Crippen molar-refractivity contribution < 1.29 is 4.79 Å². The van der Waals surface area contributed by atoms with Crippen LogP contribution in [0.5, 0.6) is 0 Å². The molecule has 3 heterocycles. The summed E-state index contributed by atoms with van der Waals surface area (Å²) in [7, 11) is 1.77. The SMILES string of the molecule is Cn1cc(Cl)cc1C(=O)N1CCn2c(n[nH]c2=O)C1. The average molecular weight is 282 g/mol. The maximum Gasteiger partial charge on any atom is 0.343 e. The summed E-state index contributed by atoms with van der Waals surface area (Å²) in [5, 5.41) is 6.82. The second-order valence-electron chi connectivity index (χ2n) is 4.48. The molecule has 2 aromatic heterocycles. The number of H-pyrrole nitrogens is 1. The van der Waals surface area contributed by atoms with E-state index in [2.05, 4.69) is 10.2 Å². The topological polar surface area (TPSA) is 75.9 Å². The molecule has 8 heteroatoms. The van der Waals surface area contributed by atoms with Gasteiger partial charge in [0.1, 0.15) is 5.69 Å². The van der Waals surface area contributed by atoms with E-state index >= 15 is 0 Å². The van der Waals surface area contributed by atoms with Gasteiger partial charge < -0.3 is 9.47 Å². The van der Waals surface area contributed by atoms with Crippen LogP contribution in [0.1, 0.15) is 16.3 Å². The number of carbonyl (C=O) groups excluding carboxylic acids is 1. The number of amides is 1. The van der Waals surface area contributed by atoms with Crippen molar-refractivity contribution >= 4 is 17.5 Å². The molecule has 2 aromatic rings. The largest absolute Gasteiger partial charge is 0.345 e. The fourth-order valence-electron chi connectivity index (χ4n) is 2.24. The fourth-order valence-corrected chi connectivity index (χ4v) is 2.49. The molecule has 0 saturated carbocycles. The van der Waals surface area contributed by atoms with Crippen LogP contribution in [-0.4, -0.2) is 36.7 Å². The number of halogens is 1. The second kappa shape index (κ2) is 4.27. The minimum absolute atomic E-state index is 0.115. The molecule has 0 saturated heterocycles. The number of aromatic amines is 1. The zero-order valence-corrected chi connectivity index (χ0v) is 11.0. The molecule has 0 atom stereocenters. The summed E-state index contributed by atoms with van der Waals surface area (Å²) in [4.78, 5) is 25.4. The summed E-state index contributed by atoms with van der Waals surface area (Å²) in [6, 6.07) is 1.64. The van der Waals surface area contributed by atoms with Crippen molar-refractivity contribution in [3.05, 3.63) is 39.3 Å². The first-order valence-corrected chi connectivity index (χ1v) is 6.19. The molecule has 0 aromatic carbocycles.